The van der Waals surface area contributed by atoms with E-state index in [1.54, 1.807) is 36.1 Å². The van der Waals surface area contributed by atoms with Gasteiger partial charge in [-0.05, 0) is 31.0 Å². The molecule has 0 bridgehead atoms. The fraction of sp³-hybridized carbons (Fsp3) is 0.429. The van der Waals surface area contributed by atoms with Gasteiger partial charge in [0, 0.05) is 7.11 Å². The van der Waals surface area contributed by atoms with Gasteiger partial charge in [-0.1, -0.05) is 30.8 Å². The molecule has 160 valence electrons. The van der Waals surface area contributed by atoms with Crippen LogP contribution in [0.3, 0.4) is 0 Å². The molecule has 30 heavy (non-hydrogen) atoms. The summed E-state index contributed by atoms with van der Waals surface area (Å²) in [7, 11) is 2.83. The van der Waals surface area contributed by atoms with Crippen molar-refractivity contribution < 1.29 is 28.6 Å². The van der Waals surface area contributed by atoms with Gasteiger partial charge >= 0.3 is 11.9 Å². The number of rotatable bonds is 7. The van der Waals surface area contributed by atoms with E-state index in [1.807, 2.05) is 6.92 Å². The number of benzene rings is 1. The third kappa shape index (κ3) is 4.13. The summed E-state index contributed by atoms with van der Waals surface area (Å²) in [6.45, 7) is 4.03. The molecule has 1 saturated heterocycles. The molecule has 0 radical (unpaired) electrons. The van der Waals surface area contributed by atoms with Crippen LogP contribution in [0.2, 0.25) is 0 Å². The van der Waals surface area contributed by atoms with Gasteiger partial charge in [0.15, 0.2) is 5.17 Å². The Labute approximate surface area is 179 Å². The molecule has 0 aromatic heterocycles. The van der Waals surface area contributed by atoms with E-state index < -0.39 is 18.0 Å². The van der Waals surface area contributed by atoms with E-state index in [-0.39, 0.29) is 24.4 Å². The molecular weight excluding hydrogens is 408 g/mol. The lowest BCUT2D eigenvalue weighted by molar-refractivity contribution is -0.141. The first kappa shape index (κ1) is 22.0. The summed E-state index contributed by atoms with van der Waals surface area (Å²) in [5.74, 6) is -1.11. The van der Waals surface area contributed by atoms with Crippen LogP contribution in [0.15, 0.2) is 40.5 Å². The summed E-state index contributed by atoms with van der Waals surface area (Å²) in [5.41, 5.74) is 1.86. The largest absolute Gasteiger partial charge is 0.465 e. The molecule has 2 atom stereocenters. The number of nitrogens with zero attached hydrogens (tertiary/aromatic N) is 2. The first-order valence-corrected chi connectivity index (χ1v) is 10.4. The molecule has 1 amide bonds. The zero-order valence-corrected chi connectivity index (χ0v) is 18.2. The maximum absolute atomic E-state index is 13.1. The van der Waals surface area contributed by atoms with Crippen LogP contribution in [-0.4, -0.2) is 60.6 Å². The second kappa shape index (κ2) is 9.44. The predicted octanol–water partition coefficient (Wildman–Crippen LogP) is 2.70. The normalized spacial score (nSPS) is 20.7. The Morgan fingerprint density at radius 1 is 1.13 bits per heavy atom. The van der Waals surface area contributed by atoms with Crippen molar-refractivity contribution in [2.45, 2.75) is 31.6 Å². The Morgan fingerprint density at radius 3 is 2.43 bits per heavy atom. The van der Waals surface area contributed by atoms with E-state index in [0.29, 0.717) is 34.0 Å². The zero-order valence-electron chi connectivity index (χ0n) is 17.3. The fourth-order valence-electron chi connectivity index (χ4n) is 3.38. The Hall–Kier alpha value is -2.65. The van der Waals surface area contributed by atoms with E-state index in [0.717, 1.165) is 0 Å². The number of aliphatic imine (C=N–C) groups is 1. The Kier molecular flexibility index (Phi) is 6.94. The van der Waals surface area contributed by atoms with Crippen LogP contribution in [0.4, 0.5) is 0 Å². The number of carbonyl (C=O) groups is 3. The van der Waals surface area contributed by atoms with Crippen molar-refractivity contribution in [1.82, 2.24) is 4.90 Å². The maximum Gasteiger partial charge on any atom is 0.338 e. The molecule has 0 N–H and O–H groups in total. The van der Waals surface area contributed by atoms with Gasteiger partial charge < -0.3 is 14.2 Å². The number of methoxy groups -OCH3 is 2. The minimum absolute atomic E-state index is 0.0942. The lowest BCUT2D eigenvalue weighted by Gasteiger charge is -2.33. The average Bonchev–Trinajstić information content (AvgIpc) is 3.07. The van der Waals surface area contributed by atoms with Gasteiger partial charge in [-0.25, -0.2) is 14.6 Å². The minimum Gasteiger partial charge on any atom is -0.465 e. The van der Waals surface area contributed by atoms with Crippen LogP contribution in [0.1, 0.15) is 42.2 Å². The molecule has 1 aromatic rings. The number of allylic oxidation sites excluding steroid dienone is 1. The summed E-state index contributed by atoms with van der Waals surface area (Å²) in [4.78, 5) is 43.8. The third-order valence-corrected chi connectivity index (χ3v) is 6.23. The second-order valence-corrected chi connectivity index (χ2v) is 7.93. The third-order valence-electron chi connectivity index (χ3n) is 4.91. The highest BCUT2D eigenvalue weighted by Crippen LogP contribution is 2.44. The number of hydrogen-bond donors (Lipinski definition) is 0. The summed E-state index contributed by atoms with van der Waals surface area (Å²) in [6.07, 6.45) is 0.652. The summed E-state index contributed by atoms with van der Waals surface area (Å²) in [6, 6.07) is 5.97. The Morgan fingerprint density at radius 2 is 1.83 bits per heavy atom. The number of amides is 1. The van der Waals surface area contributed by atoms with Gasteiger partial charge in [-0.3, -0.25) is 9.69 Å². The minimum atomic E-state index is -0.684. The van der Waals surface area contributed by atoms with Crippen LogP contribution in [0.25, 0.3) is 0 Å². The highest BCUT2D eigenvalue weighted by Gasteiger charge is 2.47. The van der Waals surface area contributed by atoms with Gasteiger partial charge in [0.05, 0.1) is 41.8 Å². The van der Waals surface area contributed by atoms with Crippen LogP contribution >= 0.6 is 11.8 Å². The van der Waals surface area contributed by atoms with E-state index in [9.17, 15) is 14.4 Å². The van der Waals surface area contributed by atoms with Crippen molar-refractivity contribution in [1.29, 1.82) is 0 Å². The highest BCUT2D eigenvalue weighted by atomic mass is 32.2. The Bertz CT molecular complexity index is 909. The number of carbonyl (C=O) groups excluding carboxylic acids is 3. The average molecular weight is 432 g/mol. The smallest absolute Gasteiger partial charge is 0.338 e. The van der Waals surface area contributed by atoms with Crippen LogP contribution in [-0.2, 0) is 23.8 Å². The number of hydrogen-bond acceptors (Lipinski definition) is 8. The van der Waals surface area contributed by atoms with Gasteiger partial charge in [-0.15, -0.1) is 0 Å². The molecule has 2 aliphatic rings. The fourth-order valence-corrected chi connectivity index (χ4v) is 4.51. The molecule has 1 fully saturated rings. The van der Waals surface area contributed by atoms with Gasteiger partial charge in [0.25, 0.3) is 0 Å². The standard InChI is InChI=1S/C21H24N2O6S/c1-5-15-18(24)23-17(13-6-8-14(9-7-13)19(25)28-4)16(12(2)22-21(23)30-15)20(26)29-11-10-27-3/h6-9,15,17H,5,10-11H2,1-4H3/t15-,17-/m1/s1. The maximum atomic E-state index is 13.1. The molecule has 9 heteroatoms. The molecule has 0 saturated carbocycles. The van der Waals surface area contributed by atoms with Crippen LogP contribution < -0.4 is 0 Å². The lowest BCUT2D eigenvalue weighted by atomic mass is 9.93. The quantitative estimate of drug-likeness (QED) is 0.483. The molecule has 2 heterocycles. The molecule has 0 unspecified atom stereocenters. The van der Waals surface area contributed by atoms with E-state index >= 15 is 0 Å². The Balaban J connectivity index is 2.03. The van der Waals surface area contributed by atoms with E-state index in [4.69, 9.17) is 14.2 Å². The number of esters is 2. The number of thioether (sulfide) groups is 1. The highest BCUT2D eigenvalue weighted by molar-refractivity contribution is 8.15. The number of ether oxygens (including phenoxy) is 3. The van der Waals surface area contributed by atoms with Crippen molar-refractivity contribution in [2.24, 2.45) is 4.99 Å². The first-order chi connectivity index (χ1) is 14.4. The molecular formula is C21H24N2O6S. The monoisotopic (exact) mass is 432 g/mol. The second-order valence-electron chi connectivity index (χ2n) is 6.76. The van der Waals surface area contributed by atoms with Gasteiger partial charge in [0.2, 0.25) is 5.91 Å². The molecule has 1 aromatic carbocycles. The SMILES string of the molecule is CC[C@H]1SC2=NC(C)=C(C(=O)OCCOC)[C@@H](c3ccc(C(=O)OC)cc3)N2C1=O. The first-order valence-electron chi connectivity index (χ1n) is 9.56. The molecule has 0 spiro atoms. The van der Waals surface area contributed by atoms with E-state index in [1.165, 1.54) is 26.0 Å². The molecule has 8 nitrogen and oxygen atoms in total. The lowest BCUT2D eigenvalue weighted by Crippen LogP contribution is -2.41. The molecule has 0 aliphatic carbocycles. The van der Waals surface area contributed by atoms with Crippen molar-refractivity contribution in [3.8, 4) is 0 Å². The van der Waals surface area contributed by atoms with Crippen LogP contribution in [0.5, 0.6) is 0 Å². The summed E-state index contributed by atoms with van der Waals surface area (Å²) in [5, 5.41) is 0.317. The predicted molar refractivity (Wildman–Crippen MR) is 112 cm³/mol. The number of amidine groups is 1. The van der Waals surface area contributed by atoms with Crippen molar-refractivity contribution >= 4 is 34.8 Å². The number of fused-ring (bicyclic) bond motifs is 1. The van der Waals surface area contributed by atoms with Gasteiger partial charge in [-0.2, -0.15) is 0 Å². The summed E-state index contributed by atoms with van der Waals surface area (Å²) < 4.78 is 15.0. The summed E-state index contributed by atoms with van der Waals surface area (Å²) >= 11 is 1.40. The van der Waals surface area contributed by atoms with Crippen LogP contribution in [0, 0.1) is 0 Å². The van der Waals surface area contributed by atoms with Crippen molar-refractivity contribution in [3.63, 3.8) is 0 Å². The van der Waals surface area contributed by atoms with Gasteiger partial charge in [0.1, 0.15) is 6.61 Å². The topological polar surface area (TPSA) is 94.5 Å². The van der Waals surface area contributed by atoms with Crippen molar-refractivity contribution in [3.05, 3.63) is 46.7 Å². The van der Waals surface area contributed by atoms with E-state index in [2.05, 4.69) is 4.99 Å². The molecule has 2 aliphatic heterocycles. The zero-order chi connectivity index (χ0) is 21.8. The molecule has 3 rings (SSSR count). The van der Waals surface area contributed by atoms with Crippen molar-refractivity contribution in [2.75, 3.05) is 27.4 Å².